The molecule has 0 saturated heterocycles. The molecule has 30 heavy (non-hydrogen) atoms. The first kappa shape index (κ1) is 18.1. The van der Waals surface area contributed by atoms with Gasteiger partial charge in [-0.3, -0.25) is 14.6 Å². The van der Waals surface area contributed by atoms with E-state index in [9.17, 15) is 9.50 Å². The average molecular weight is 399 g/mol. The summed E-state index contributed by atoms with van der Waals surface area (Å²) in [7, 11) is 1.84. The van der Waals surface area contributed by atoms with Gasteiger partial charge in [0.2, 0.25) is 5.88 Å². The van der Waals surface area contributed by atoms with Crippen LogP contribution in [-0.4, -0.2) is 29.4 Å². The van der Waals surface area contributed by atoms with Gasteiger partial charge >= 0.3 is 0 Å². The van der Waals surface area contributed by atoms with Gasteiger partial charge in [-0.05, 0) is 42.0 Å². The van der Waals surface area contributed by atoms with Crippen molar-refractivity contribution in [3.8, 4) is 28.3 Å². The molecule has 5 aromatic rings. The molecule has 1 N–H and O–H groups in total. The van der Waals surface area contributed by atoms with E-state index in [4.69, 9.17) is 0 Å². The number of hydrogen-bond acceptors (Lipinski definition) is 4. The first-order valence-corrected chi connectivity index (χ1v) is 9.46. The fraction of sp³-hybridized carbons (Fsp3) is 0.0870. The Morgan fingerprint density at radius 3 is 2.60 bits per heavy atom. The van der Waals surface area contributed by atoms with Crippen LogP contribution in [0.25, 0.3) is 33.3 Å². The fourth-order valence-corrected chi connectivity index (χ4v) is 3.70. The van der Waals surface area contributed by atoms with Gasteiger partial charge in [-0.2, -0.15) is 5.10 Å². The molecule has 0 aliphatic rings. The highest BCUT2D eigenvalue weighted by atomic mass is 19.1. The van der Waals surface area contributed by atoms with Crippen LogP contribution in [0.5, 0.6) is 5.88 Å². The topological polar surface area (TPSA) is 68.8 Å². The number of nitrogens with zero attached hydrogens (tertiary/aromatic N) is 5. The van der Waals surface area contributed by atoms with Gasteiger partial charge in [0.1, 0.15) is 11.5 Å². The zero-order valence-corrected chi connectivity index (χ0v) is 16.2. The summed E-state index contributed by atoms with van der Waals surface area (Å²) in [5.41, 5.74) is 4.82. The highest BCUT2D eigenvalue weighted by Crippen LogP contribution is 2.39. The highest BCUT2D eigenvalue weighted by molar-refractivity contribution is 6.01. The average Bonchev–Trinajstić information content (AvgIpc) is 3.29. The third kappa shape index (κ3) is 3.10. The standard InChI is InChI=1S/C23H18FN5O/c1-28-13-19(22(27-28)16-4-6-17(24)7-5-16)18-8-10-26-20-14-29(23(30)21(18)20)12-15-3-2-9-25-11-15/h2-11,13-14,30H,12H2,1H3. The molecule has 0 spiro atoms. The molecule has 0 saturated carbocycles. The van der Waals surface area contributed by atoms with Crippen LogP contribution in [0.15, 0.2) is 73.4 Å². The fourth-order valence-electron chi connectivity index (χ4n) is 3.70. The maximum absolute atomic E-state index is 13.4. The van der Waals surface area contributed by atoms with Crippen molar-refractivity contribution in [3.63, 3.8) is 0 Å². The van der Waals surface area contributed by atoms with Gasteiger partial charge < -0.3 is 9.67 Å². The summed E-state index contributed by atoms with van der Waals surface area (Å²) in [6.07, 6.45) is 8.92. The predicted octanol–water partition coefficient (Wildman–Crippen LogP) is 4.39. The number of pyridine rings is 2. The Hall–Kier alpha value is -4.00. The quantitative estimate of drug-likeness (QED) is 0.487. The number of rotatable bonds is 4. The van der Waals surface area contributed by atoms with Gasteiger partial charge in [0.05, 0.1) is 17.4 Å². The molecule has 4 aromatic heterocycles. The minimum absolute atomic E-state index is 0.130. The Morgan fingerprint density at radius 2 is 1.83 bits per heavy atom. The van der Waals surface area contributed by atoms with Gasteiger partial charge in [-0.25, -0.2) is 4.39 Å². The normalized spacial score (nSPS) is 11.3. The summed E-state index contributed by atoms with van der Waals surface area (Å²) < 4.78 is 16.9. The lowest BCUT2D eigenvalue weighted by atomic mass is 10.00. The summed E-state index contributed by atoms with van der Waals surface area (Å²) in [6.45, 7) is 0.479. The molecule has 0 bridgehead atoms. The molecular weight excluding hydrogens is 381 g/mol. The smallest absolute Gasteiger partial charge is 0.201 e. The van der Waals surface area contributed by atoms with Crippen LogP contribution in [0.1, 0.15) is 5.56 Å². The van der Waals surface area contributed by atoms with E-state index in [1.165, 1.54) is 12.1 Å². The van der Waals surface area contributed by atoms with Crippen molar-refractivity contribution in [3.05, 3.63) is 84.8 Å². The first-order valence-electron chi connectivity index (χ1n) is 9.46. The lowest BCUT2D eigenvalue weighted by Gasteiger charge is -2.07. The van der Waals surface area contributed by atoms with Gasteiger partial charge in [-0.1, -0.05) is 6.07 Å². The molecule has 148 valence electrons. The molecule has 0 unspecified atom stereocenters. The molecule has 1 aromatic carbocycles. The first-order chi connectivity index (χ1) is 14.6. The molecule has 0 aliphatic carbocycles. The Balaban J connectivity index is 1.66. The van der Waals surface area contributed by atoms with Gasteiger partial charge in [-0.15, -0.1) is 0 Å². The van der Waals surface area contributed by atoms with Gasteiger partial charge in [0.25, 0.3) is 0 Å². The zero-order valence-electron chi connectivity index (χ0n) is 16.2. The predicted molar refractivity (Wildman–Crippen MR) is 112 cm³/mol. The van der Waals surface area contributed by atoms with E-state index in [1.807, 2.05) is 37.6 Å². The summed E-state index contributed by atoms with van der Waals surface area (Å²) >= 11 is 0. The molecule has 0 fully saturated rings. The number of aromatic hydroxyl groups is 1. The van der Waals surface area contributed by atoms with Crippen molar-refractivity contribution in [2.24, 2.45) is 7.05 Å². The molecule has 0 atom stereocenters. The summed E-state index contributed by atoms with van der Waals surface area (Å²) in [4.78, 5) is 8.57. The third-order valence-electron chi connectivity index (χ3n) is 5.07. The van der Waals surface area contributed by atoms with Crippen molar-refractivity contribution in [1.82, 2.24) is 24.3 Å². The molecule has 5 rings (SSSR count). The Labute approximate surface area is 171 Å². The van der Waals surface area contributed by atoms with E-state index in [0.29, 0.717) is 23.1 Å². The van der Waals surface area contributed by atoms with Crippen LogP contribution in [0.2, 0.25) is 0 Å². The molecule has 4 heterocycles. The van der Waals surface area contributed by atoms with Crippen LogP contribution in [0, 0.1) is 5.82 Å². The van der Waals surface area contributed by atoms with Crippen molar-refractivity contribution in [2.45, 2.75) is 6.54 Å². The molecular formula is C23H18FN5O. The maximum Gasteiger partial charge on any atom is 0.201 e. The summed E-state index contributed by atoms with van der Waals surface area (Å²) in [5, 5.41) is 16.2. The van der Waals surface area contributed by atoms with E-state index in [0.717, 1.165) is 22.3 Å². The van der Waals surface area contributed by atoms with E-state index in [-0.39, 0.29) is 11.7 Å². The Bertz CT molecular complexity index is 1340. The number of fused-ring (bicyclic) bond motifs is 1. The van der Waals surface area contributed by atoms with E-state index in [2.05, 4.69) is 15.1 Å². The number of benzene rings is 1. The summed E-state index contributed by atoms with van der Waals surface area (Å²) in [6, 6.07) is 11.9. The van der Waals surface area contributed by atoms with Crippen LogP contribution in [0.3, 0.4) is 0 Å². The van der Waals surface area contributed by atoms with E-state index < -0.39 is 0 Å². The van der Waals surface area contributed by atoms with Gasteiger partial charge in [0, 0.05) is 54.7 Å². The zero-order chi connectivity index (χ0) is 20.7. The lowest BCUT2D eigenvalue weighted by molar-refractivity contribution is 0.430. The molecule has 0 radical (unpaired) electrons. The molecule has 7 heteroatoms. The number of aryl methyl sites for hydroxylation is 1. The monoisotopic (exact) mass is 399 g/mol. The second-order valence-corrected chi connectivity index (χ2v) is 7.13. The molecule has 6 nitrogen and oxygen atoms in total. The van der Waals surface area contributed by atoms with Crippen molar-refractivity contribution < 1.29 is 9.50 Å². The van der Waals surface area contributed by atoms with E-state index in [1.54, 1.807) is 40.0 Å². The second kappa shape index (κ2) is 7.11. The van der Waals surface area contributed by atoms with Crippen LogP contribution in [-0.2, 0) is 13.6 Å². The van der Waals surface area contributed by atoms with E-state index >= 15 is 0 Å². The molecule has 0 amide bonds. The molecule has 0 aliphatic heterocycles. The minimum Gasteiger partial charge on any atom is -0.494 e. The lowest BCUT2D eigenvalue weighted by Crippen LogP contribution is -1.97. The van der Waals surface area contributed by atoms with Crippen molar-refractivity contribution >= 4 is 10.9 Å². The number of halogens is 1. The highest BCUT2D eigenvalue weighted by Gasteiger charge is 2.19. The third-order valence-corrected chi connectivity index (χ3v) is 5.07. The largest absolute Gasteiger partial charge is 0.494 e. The maximum atomic E-state index is 13.4. The van der Waals surface area contributed by atoms with Crippen LogP contribution >= 0.6 is 0 Å². The van der Waals surface area contributed by atoms with Crippen molar-refractivity contribution in [2.75, 3.05) is 0 Å². The van der Waals surface area contributed by atoms with Crippen LogP contribution < -0.4 is 0 Å². The SMILES string of the molecule is Cn1cc(-c2ccnc3cn(Cc4cccnc4)c(O)c23)c(-c2ccc(F)cc2)n1. The van der Waals surface area contributed by atoms with Crippen LogP contribution in [0.4, 0.5) is 4.39 Å². The minimum atomic E-state index is -0.298. The second-order valence-electron chi connectivity index (χ2n) is 7.13. The number of aromatic nitrogens is 5. The Morgan fingerprint density at radius 1 is 1.00 bits per heavy atom. The van der Waals surface area contributed by atoms with Gasteiger partial charge in [0.15, 0.2) is 0 Å². The number of hydrogen-bond donors (Lipinski definition) is 1. The summed E-state index contributed by atoms with van der Waals surface area (Å²) in [5.74, 6) is -0.168. The van der Waals surface area contributed by atoms with Crippen molar-refractivity contribution in [1.29, 1.82) is 0 Å². The Kier molecular flexibility index (Phi) is 4.28.